The summed E-state index contributed by atoms with van der Waals surface area (Å²) in [6, 6.07) is 0. The molecule has 88 valence electrons. The molecule has 0 fully saturated rings. The first kappa shape index (κ1) is 11.9. The molecule has 1 unspecified atom stereocenters. The average Bonchev–Trinajstić information content (AvgIpc) is 2.57. The lowest BCUT2D eigenvalue weighted by Gasteiger charge is -2.29. The molecule has 0 aromatic rings. The van der Waals surface area contributed by atoms with E-state index in [1.165, 1.54) is 12.1 Å². The van der Waals surface area contributed by atoms with E-state index in [1.807, 2.05) is 0 Å². The molecular weight excluding hydrogens is 277 g/mol. The third-order valence-electron chi connectivity index (χ3n) is 1.97. The lowest BCUT2D eigenvalue weighted by atomic mass is 10.4. The highest BCUT2D eigenvalue weighted by molar-refractivity contribution is 8.14. The van der Waals surface area contributed by atoms with Gasteiger partial charge in [-0.05, 0) is 12.2 Å². The molecular formula is C7H7Cl2N3O3S. The topological polar surface area (TPSA) is 62.2 Å². The van der Waals surface area contributed by atoms with Crippen LogP contribution in [-0.2, 0) is 13.9 Å². The summed E-state index contributed by atoms with van der Waals surface area (Å²) in [6.45, 7) is 0. The van der Waals surface area contributed by atoms with Crippen molar-refractivity contribution in [3.63, 3.8) is 0 Å². The summed E-state index contributed by atoms with van der Waals surface area (Å²) in [5.41, 5.74) is -1.33. The van der Waals surface area contributed by atoms with Crippen molar-refractivity contribution in [3.8, 4) is 0 Å². The Morgan fingerprint density at radius 1 is 1.56 bits per heavy atom. The summed E-state index contributed by atoms with van der Waals surface area (Å²) in [6.07, 6.45) is 4.82. The molecule has 0 aromatic heterocycles. The van der Waals surface area contributed by atoms with Crippen LogP contribution < -0.4 is 0 Å². The van der Waals surface area contributed by atoms with Crippen LogP contribution in [0.2, 0.25) is 0 Å². The van der Waals surface area contributed by atoms with Crippen molar-refractivity contribution in [2.45, 2.75) is 5.50 Å². The first-order chi connectivity index (χ1) is 7.45. The molecule has 0 saturated carbocycles. The Morgan fingerprint density at radius 3 is 2.81 bits per heavy atom. The molecule has 0 bridgehead atoms. The highest BCUT2D eigenvalue weighted by Gasteiger charge is 2.43. The maximum absolute atomic E-state index is 11.3. The average molecular weight is 284 g/mol. The Balaban J connectivity index is 2.45. The van der Waals surface area contributed by atoms with Crippen molar-refractivity contribution < 1.29 is 13.3 Å². The van der Waals surface area contributed by atoms with Crippen molar-refractivity contribution in [2.75, 3.05) is 7.11 Å². The molecule has 0 amide bonds. The van der Waals surface area contributed by atoms with Gasteiger partial charge in [0, 0.05) is 10.7 Å². The number of aliphatic imine (C=N–C) groups is 1. The van der Waals surface area contributed by atoms with Gasteiger partial charge in [0.2, 0.25) is 0 Å². The Hall–Kier alpha value is -0.600. The van der Waals surface area contributed by atoms with Gasteiger partial charge in [-0.1, -0.05) is 22.8 Å². The summed E-state index contributed by atoms with van der Waals surface area (Å²) in [5, 5.41) is 2.57. The zero-order valence-corrected chi connectivity index (χ0v) is 10.4. The minimum atomic E-state index is -3.92. The molecule has 0 N–H and O–H groups in total. The predicted octanol–water partition coefficient (Wildman–Crippen LogP) is 0.981. The van der Waals surface area contributed by atoms with E-state index in [4.69, 9.17) is 27.1 Å². The smallest absolute Gasteiger partial charge is 0.273 e. The van der Waals surface area contributed by atoms with Gasteiger partial charge in [-0.15, -0.1) is 0 Å². The number of hydroxylamine groups is 1. The van der Waals surface area contributed by atoms with E-state index in [0.717, 1.165) is 5.17 Å². The van der Waals surface area contributed by atoms with Crippen molar-refractivity contribution in [1.29, 1.82) is 0 Å². The summed E-state index contributed by atoms with van der Waals surface area (Å²) in [4.78, 5) is 8.81. The van der Waals surface area contributed by atoms with Crippen molar-refractivity contribution >= 4 is 37.2 Å². The van der Waals surface area contributed by atoms with E-state index in [9.17, 15) is 8.42 Å². The molecule has 6 nitrogen and oxygen atoms in total. The van der Waals surface area contributed by atoms with Crippen LogP contribution >= 0.6 is 22.3 Å². The molecule has 2 aliphatic rings. The van der Waals surface area contributed by atoms with E-state index >= 15 is 0 Å². The predicted molar refractivity (Wildman–Crippen MR) is 59.8 cm³/mol. The summed E-state index contributed by atoms with van der Waals surface area (Å²) in [7, 11) is 2.64. The maximum atomic E-state index is 11.3. The number of fused-ring (bicyclic) bond motifs is 1. The fourth-order valence-electron chi connectivity index (χ4n) is 1.36. The van der Waals surface area contributed by atoms with E-state index in [1.54, 1.807) is 18.2 Å². The van der Waals surface area contributed by atoms with E-state index < -0.39 is 14.5 Å². The standard InChI is InChI=1S/C7H7Cl2N3O3S/c1-15-12-7(16(9,13)14)10-6-4-2-3-5(8)11(6)12/h2-4,7H,1H3. The van der Waals surface area contributed by atoms with Gasteiger partial charge in [0.15, 0.2) is 0 Å². The first-order valence-corrected chi connectivity index (χ1v) is 6.88. The van der Waals surface area contributed by atoms with Crippen LogP contribution in [0.3, 0.4) is 0 Å². The zero-order chi connectivity index (χ0) is 11.9. The quantitative estimate of drug-likeness (QED) is 0.559. The van der Waals surface area contributed by atoms with Crippen LogP contribution in [0.15, 0.2) is 28.4 Å². The summed E-state index contributed by atoms with van der Waals surface area (Å²) in [5.74, 6) is 0.351. The fourth-order valence-corrected chi connectivity index (χ4v) is 2.55. The number of allylic oxidation sites excluding steroid dienone is 2. The number of rotatable bonds is 2. The second-order valence-corrected chi connectivity index (χ2v) is 5.99. The molecule has 16 heavy (non-hydrogen) atoms. The molecule has 0 aromatic carbocycles. The van der Waals surface area contributed by atoms with E-state index in [0.29, 0.717) is 5.84 Å². The fraction of sp³-hybridized carbons (Fsp3) is 0.286. The van der Waals surface area contributed by atoms with Crippen LogP contribution in [-0.4, -0.2) is 37.0 Å². The van der Waals surface area contributed by atoms with Gasteiger partial charge in [0.25, 0.3) is 14.5 Å². The highest BCUT2D eigenvalue weighted by Crippen LogP contribution is 2.30. The summed E-state index contributed by atoms with van der Waals surface area (Å²) >= 11 is 5.90. The number of hydrogen-bond acceptors (Lipinski definition) is 6. The van der Waals surface area contributed by atoms with Crippen LogP contribution in [0.25, 0.3) is 0 Å². The molecule has 2 heterocycles. The van der Waals surface area contributed by atoms with Crippen molar-refractivity contribution in [3.05, 3.63) is 23.4 Å². The van der Waals surface area contributed by atoms with Gasteiger partial charge in [-0.25, -0.2) is 18.4 Å². The van der Waals surface area contributed by atoms with Gasteiger partial charge in [0.1, 0.15) is 11.0 Å². The molecule has 0 saturated heterocycles. The van der Waals surface area contributed by atoms with Crippen LogP contribution in [0.5, 0.6) is 0 Å². The number of amidine groups is 1. The Kier molecular flexibility index (Phi) is 2.97. The second kappa shape index (κ2) is 4.01. The van der Waals surface area contributed by atoms with E-state index in [-0.39, 0.29) is 5.16 Å². The summed E-state index contributed by atoms with van der Waals surface area (Å²) < 4.78 is 22.6. The molecule has 1 atom stereocenters. The Morgan fingerprint density at radius 2 is 2.25 bits per heavy atom. The molecule has 0 spiro atoms. The molecule has 9 heteroatoms. The Bertz CT molecular complexity index is 499. The molecule has 0 aliphatic carbocycles. The monoisotopic (exact) mass is 283 g/mol. The van der Waals surface area contributed by atoms with Crippen molar-refractivity contribution in [2.24, 2.45) is 4.99 Å². The third-order valence-corrected chi connectivity index (χ3v) is 3.52. The van der Waals surface area contributed by atoms with Gasteiger partial charge < -0.3 is 0 Å². The maximum Gasteiger partial charge on any atom is 0.273 e. The molecule has 0 radical (unpaired) electrons. The molecule has 2 aliphatic heterocycles. The highest BCUT2D eigenvalue weighted by atomic mass is 35.7. The number of hydrazine groups is 1. The Labute approximate surface area is 102 Å². The lowest BCUT2D eigenvalue weighted by Crippen LogP contribution is -2.44. The normalized spacial score (nSPS) is 25.4. The van der Waals surface area contributed by atoms with Crippen LogP contribution in [0.4, 0.5) is 0 Å². The van der Waals surface area contributed by atoms with Crippen LogP contribution in [0.1, 0.15) is 0 Å². The lowest BCUT2D eigenvalue weighted by molar-refractivity contribution is -0.220. The number of halogens is 2. The van der Waals surface area contributed by atoms with Gasteiger partial charge in [-0.2, -0.15) is 0 Å². The second-order valence-electron chi connectivity index (χ2n) is 2.93. The van der Waals surface area contributed by atoms with Crippen LogP contribution in [0, 0.1) is 0 Å². The van der Waals surface area contributed by atoms with Gasteiger partial charge >= 0.3 is 0 Å². The first-order valence-electron chi connectivity index (χ1n) is 4.13. The van der Waals surface area contributed by atoms with Gasteiger partial charge in [0.05, 0.1) is 7.11 Å². The molecule has 2 rings (SSSR count). The minimum Gasteiger partial charge on any atom is -0.279 e. The zero-order valence-electron chi connectivity index (χ0n) is 8.04. The minimum absolute atomic E-state index is 0.269. The third kappa shape index (κ3) is 1.85. The number of hydrogen-bond donors (Lipinski definition) is 0. The van der Waals surface area contributed by atoms with Crippen molar-refractivity contribution in [1.82, 2.24) is 10.2 Å². The largest absolute Gasteiger partial charge is 0.279 e. The number of nitrogens with zero attached hydrogens (tertiary/aromatic N) is 3. The van der Waals surface area contributed by atoms with Gasteiger partial charge in [-0.3, -0.25) is 4.84 Å². The SMILES string of the molecule is CON1C(S(=O)(=O)Cl)N=C2C=CC=C(Cl)N21. The van der Waals surface area contributed by atoms with E-state index in [2.05, 4.69) is 4.99 Å².